The Morgan fingerprint density at radius 2 is 2.05 bits per heavy atom. The number of halogens is 1. The lowest BCUT2D eigenvalue weighted by molar-refractivity contribution is 0.0904. The molecule has 0 heterocycles. The number of ether oxygens (including phenoxy) is 1. The van der Waals surface area contributed by atoms with E-state index in [0.29, 0.717) is 18.1 Å². The third-order valence-electron chi connectivity index (χ3n) is 4.61. The van der Waals surface area contributed by atoms with Gasteiger partial charge in [0.05, 0.1) is 5.02 Å². The van der Waals surface area contributed by atoms with E-state index >= 15 is 0 Å². The lowest BCUT2D eigenvalue weighted by Crippen LogP contribution is -2.30. The Hall–Kier alpha value is -0.730. The van der Waals surface area contributed by atoms with E-state index in [2.05, 4.69) is 32.2 Å². The highest BCUT2D eigenvalue weighted by Gasteiger charge is 2.25. The Balaban J connectivity index is 2.06. The van der Waals surface area contributed by atoms with Crippen LogP contribution in [0.5, 0.6) is 5.75 Å². The predicted octanol–water partition coefficient (Wildman–Crippen LogP) is 5.36. The van der Waals surface area contributed by atoms with Crippen LogP contribution in [0.25, 0.3) is 0 Å². The second-order valence-corrected chi connectivity index (χ2v) is 6.49. The maximum Gasteiger partial charge on any atom is 0.138 e. The molecule has 3 atom stereocenters. The summed E-state index contributed by atoms with van der Waals surface area (Å²) in [4.78, 5) is 0. The van der Waals surface area contributed by atoms with Gasteiger partial charge in [-0.05, 0) is 62.8 Å². The fourth-order valence-electron chi connectivity index (χ4n) is 3.26. The predicted molar refractivity (Wildman–Crippen MR) is 90.2 cm³/mol. The Bertz CT molecular complexity index is 449. The maximum atomic E-state index is 6.43. The van der Waals surface area contributed by atoms with E-state index in [1.54, 1.807) is 0 Å². The van der Waals surface area contributed by atoms with Gasteiger partial charge < -0.3 is 10.1 Å². The molecule has 0 amide bonds. The van der Waals surface area contributed by atoms with Crippen LogP contribution in [0.15, 0.2) is 18.2 Å². The molecule has 2 rings (SSSR count). The minimum atomic E-state index is 0.319. The summed E-state index contributed by atoms with van der Waals surface area (Å²) in [6.45, 7) is 7.49. The Kier molecular flexibility index (Phi) is 6.38. The molecule has 1 N–H and O–H groups in total. The molecule has 2 nitrogen and oxygen atoms in total. The molecular weight excluding hydrogens is 282 g/mol. The van der Waals surface area contributed by atoms with Gasteiger partial charge in [-0.2, -0.15) is 0 Å². The third-order valence-corrected chi connectivity index (χ3v) is 4.90. The number of nitrogens with one attached hydrogen (secondary N) is 1. The summed E-state index contributed by atoms with van der Waals surface area (Å²) in [5, 5.41) is 4.14. The SMILES string of the molecule is CCNC(C)c1ccc(OC2CCCCC2CC)c(Cl)c1. The van der Waals surface area contributed by atoms with E-state index in [9.17, 15) is 0 Å². The summed E-state index contributed by atoms with van der Waals surface area (Å²) in [5.74, 6) is 1.52. The van der Waals surface area contributed by atoms with E-state index in [-0.39, 0.29) is 0 Å². The van der Waals surface area contributed by atoms with Crippen LogP contribution in [0, 0.1) is 5.92 Å². The molecule has 0 aromatic heterocycles. The van der Waals surface area contributed by atoms with Gasteiger partial charge in [-0.1, -0.05) is 37.9 Å². The molecule has 1 aromatic carbocycles. The lowest BCUT2D eigenvalue weighted by atomic mass is 9.85. The molecule has 1 aromatic rings. The summed E-state index contributed by atoms with van der Waals surface area (Å²) < 4.78 is 6.23. The van der Waals surface area contributed by atoms with Crippen LogP contribution in [0.2, 0.25) is 5.02 Å². The molecule has 1 saturated carbocycles. The summed E-state index contributed by atoms with van der Waals surface area (Å²) in [5.41, 5.74) is 1.21. The second kappa shape index (κ2) is 8.05. The van der Waals surface area contributed by atoms with E-state index in [1.165, 1.54) is 31.2 Å². The molecule has 3 unspecified atom stereocenters. The van der Waals surface area contributed by atoms with E-state index in [4.69, 9.17) is 16.3 Å². The average molecular weight is 310 g/mol. The summed E-state index contributed by atoms with van der Waals surface area (Å²) >= 11 is 6.43. The number of benzene rings is 1. The van der Waals surface area contributed by atoms with Crippen molar-refractivity contribution in [2.75, 3.05) is 6.54 Å². The minimum absolute atomic E-state index is 0.319. The van der Waals surface area contributed by atoms with Gasteiger partial charge in [0.2, 0.25) is 0 Å². The topological polar surface area (TPSA) is 21.3 Å². The van der Waals surface area contributed by atoms with E-state index in [1.807, 2.05) is 12.1 Å². The van der Waals surface area contributed by atoms with Crippen LogP contribution in [-0.2, 0) is 0 Å². The van der Waals surface area contributed by atoms with Gasteiger partial charge in [0, 0.05) is 6.04 Å². The van der Waals surface area contributed by atoms with E-state index in [0.717, 1.165) is 23.7 Å². The molecule has 118 valence electrons. The standard InChI is InChI=1S/C18H28ClNO/c1-4-14-8-6-7-9-17(14)21-18-11-10-15(12-16(18)19)13(3)20-5-2/h10-14,17,20H,4-9H2,1-3H3. The van der Waals surface area contributed by atoms with Gasteiger partial charge in [-0.15, -0.1) is 0 Å². The molecule has 21 heavy (non-hydrogen) atoms. The molecule has 1 aliphatic carbocycles. The molecule has 0 aliphatic heterocycles. The third kappa shape index (κ3) is 4.37. The highest BCUT2D eigenvalue weighted by molar-refractivity contribution is 6.32. The number of hydrogen-bond acceptors (Lipinski definition) is 2. The Morgan fingerprint density at radius 1 is 1.29 bits per heavy atom. The molecule has 0 bridgehead atoms. The summed E-state index contributed by atoms with van der Waals surface area (Å²) in [6, 6.07) is 6.51. The average Bonchev–Trinajstić information content (AvgIpc) is 2.50. The Labute approximate surface area is 134 Å². The first-order chi connectivity index (χ1) is 10.2. The zero-order chi connectivity index (χ0) is 15.2. The van der Waals surface area contributed by atoms with Crippen LogP contribution in [0.3, 0.4) is 0 Å². The fourth-order valence-corrected chi connectivity index (χ4v) is 3.50. The van der Waals surface area contributed by atoms with Gasteiger partial charge in [0.1, 0.15) is 11.9 Å². The summed E-state index contributed by atoms with van der Waals surface area (Å²) in [7, 11) is 0. The minimum Gasteiger partial charge on any atom is -0.489 e. The molecular formula is C18H28ClNO. The van der Waals surface area contributed by atoms with Crippen molar-refractivity contribution in [3.8, 4) is 5.75 Å². The maximum absolute atomic E-state index is 6.43. The van der Waals surface area contributed by atoms with Crippen molar-refractivity contribution >= 4 is 11.6 Å². The van der Waals surface area contributed by atoms with Gasteiger partial charge in [-0.3, -0.25) is 0 Å². The molecule has 1 aliphatic rings. The molecule has 0 saturated heterocycles. The van der Waals surface area contributed by atoms with Crippen molar-refractivity contribution < 1.29 is 4.74 Å². The number of rotatable bonds is 6. The lowest BCUT2D eigenvalue weighted by Gasteiger charge is -2.31. The summed E-state index contributed by atoms with van der Waals surface area (Å²) in [6.07, 6.45) is 6.58. The normalized spacial score (nSPS) is 23.8. The monoisotopic (exact) mass is 309 g/mol. The van der Waals surface area contributed by atoms with Crippen molar-refractivity contribution in [2.24, 2.45) is 5.92 Å². The van der Waals surface area contributed by atoms with Crippen LogP contribution in [0.4, 0.5) is 0 Å². The highest BCUT2D eigenvalue weighted by Crippen LogP contribution is 2.34. The van der Waals surface area contributed by atoms with E-state index < -0.39 is 0 Å². The smallest absolute Gasteiger partial charge is 0.138 e. The van der Waals surface area contributed by atoms with Gasteiger partial charge in [0.25, 0.3) is 0 Å². The Morgan fingerprint density at radius 3 is 2.71 bits per heavy atom. The first-order valence-corrected chi connectivity index (χ1v) is 8.73. The van der Waals surface area contributed by atoms with Crippen molar-refractivity contribution in [1.29, 1.82) is 0 Å². The first-order valence-electron chi connectivity index (χ1n) is 8.35. The zero-order valence-corrected chi connectivity index (χ0v) is 14.2. The van der Waals surface area contributed by atoms with Crippen molar-refractivity contribution in [3.63, 3.8) is 0 Å². The van der Waals surface area contributed by atoms with Gasteiger partial charge in [0.15, 0.2) is 0 Å². The second-order valence-electron chi connectivity index (χ2n) is 6.08. The fraction of sp³-hybridized carbons (Fsp3) is 0.667. The van der Waals surface area contributed by atoms with Crippen LogP contribution < -0.4 is 10.1 Å². The molecule has 0 spiro atoms. The zero-order valence-electron chi connectivity index (χ0n) is 13.5. The molecule has 0 radical (unpaired) electrons. The van der Waals surface area contributed by atoms with Crippen molar-refractivity contribution in [2.45, 2.75) is 65.0 Å². The van der Waals surface area contributed by atoms with Crippen LogP contribution in [0.1, 0.15) is 64.5 Å². The van der Waals surface area contributed by atoms with Crippen LogP contribution in [-0.4, -0.2) is 12.6 Å². The largest absolute Gasteiger partial charge is 0.489 e. The molecule has 3 heteroatoms. The van der Waals surface area contributed by atoms with Gasteiger partial charge in [-0.25, -0.2) is 0 Å². The first kappa shape index (κ1) is 16.6. The highest BCUT2D eigenvalue weighted by atomic mass is 35.5. The van der Waals surface area contributed by atoms with Crippen LogP contribution >= 0.6 is 11.6 Å². The van der Waals surface area contributed by atoms with Crippen molar-refractivity contribution in [1.82, 2.24) is 5.32 Å². The van der Waals surface area contributed by atoms with Gasteiger partial charge >= 0.3 is 0 Å². The number of hydrogen-bond donors (Lipinski definition) is 1. The molecule has 1 fully saturated rings. The van der Waals surface area contributed by atoms with Crippen molar-refractivity contribution in [3.05, 3.63) is 28.8 Å². The quantitative estimate of drug-likeness (QED) is 0.764.